The van der Waals surface area contributed by atoms with Crippen molar-refractivity contribution >= 4 is 17.3 Å². The molecule has 0 fully saturated rings. The highest BCUT2D eigenvalue weighted by Crippen LogP contribution is 2.20. The second kappa shape index (κ2) is 6.09. The van der Waals surface area contributed by atoms with Crippen molar-refractivity contribution in [2.75, 3.05) is 12.8 Å². The van der Waals surface area contributed by atoms with Crippen molar-refractivity contribution in [3.63, 3.8) is 0 Å². The normalized spacial score (nSPS) is 10.9. The van der Waals surface area contributed by atoms with Gasteiger partial charge in [-0.05, 0) is 42.8 Å². The number of hydrogen-bond acceptors (Lipinski definition) is 2. The summed E-state index contributed by atoms with van der Waals surface area (Å²) in [7, 11) is 2.09. The number of hydrogen-bond donors (Lipinski definition) is 1. The molecule has 2 rings (SSSR count). The first-order chi connectivity index (χ1) is 9.08. The third-order valence-electron chi connectivity index (χ3n) is 3.33. The van der Waals surface area contributed by atoms with Gasteiger partial charge < -0.3 is 5.73 Å². The molecule has 100 valence electrons. The van der Waals surface area contributed by atoms with E-state index in [4.69, 9.17) is 17.3 Å². The second-order valence-electron chi connectivity index (χ2n) is 4.90. The lowest BCUT2D eigenvalue weighted by Crippen LogP contribution is -2.18. The van der Waals surface area contributed by atoms with Crippen LogP contribution in [0.1, 0.15) is 16.7 Å². The highest BCUT2D eigenvalue weighted by molar-refractivity contribution is 6.31. The van der Waals surface area contributed by atoms with Crippen molar-refractivity contribution < 1.29 is 0 Å². The molecule has 0 saturated carbocycles. The van der Waals surface area contributed by atoms with Crippen LogP contribution in [0, 0.1) is 6.92 Å². The van der Waals surface area contributed by atoms with Gasteiger partial charge in [-0.1, -0.05) is 41.9 Å². The maximum Gasteiger partial charge on any atom is 0.0451 e. The van der Waals surface area contributed by atoms with E-state index >= 15 is 0 Å². The Bertz CT molecular complexity index is 566. The van der Waals surface area contributed by atoms with E-state index in [2.05, 4.69) is 31.0 Å². The number of halogens is 1. The molecule has 0 saturated heterocycles. The molecule has 0 unspecified atom stereocenters. The predicted octanol–water partition coefficient (Wildman–Crippen LogP) is 3.86. The molecule has 19 heavy (non-hydrogen) atoms. The molecule has 2 N–H and O–H groups in total. The number of anilines is 1. The number of nitrogen functional groups attached to an aromatic ring is 1. The fourth-order valence-electron chi connectivity index (χ4n) is 2.14. The molecule has 0 aliphatic rings. The average molecular weight is 275 g/mol. The van der Waals surface area contributed by atoms with Gasteiger partial charge in [-0.25, -0.2) is 0 Å². The van der Waals surface area contributed by atoms with Crippen molar-refractivity contribution in [1.29, 1.82) is 0 Å². The predicted molar refractivity (Wildman–Crippen MR) is 82.2 cm³/mol. The van der Waals surface area contributed by atoms with Crippen molar-refractivity contribution in [1.82, 2.24) is 4.90 Å². The number of nitrogens with zero attached hydrogens (tertiary/aromatic N) is 1. The Morgan fingerprint density at radius 1 is 1.00 bits per heavy atom. The van der Waals surface area contributed by atoms with E-state index in [9.17, 15) is 0 Å². The molecule has 0 amide bonds. The molecule has 0 radical (unpaired) electrons. The standard InChI is InChI=1S/C16H19ClN2/c1-12-13(7-5-9-16(12)18)10-19(2)11-14-6-3-4-8-15(14)17/h3-9H,10-11,18H2,1-2H3. The van der Waals surface area contributed by atoms with Crippen LogP contribution in [0.15, 0.2) is 42.5 Å². The van der Waals surface area contributed by atoms with Crippen LogP contribution in [-0.4, -0.2) is 11.9 Å². The van der Waals surface area contributed by atoms with Crippen LogP contribution < -0.4 is 5.73 Å². The van der Waals surface area contributed by atoms with E-state index in [-0.39, 0.29) is 0 Å². The third kappa shape index (κ3) is 3.49. The SMILES string of the molecule is Cc1c(N)cccc1CN(C)Cc1ccccc1Cl. The lowest BCUT2D eigenvalue weighted by atomic mass is 10.1. The van der Waals surface area contributed by atoms with Gasteiger partial charge in [-0.15, -0.1) is 0 Å². The maximum absolute atomic E-state index is 6.18. The smallest absolute Gasteiger partial charge is 0.0451 e. The molecule has 0 bridgehead atoms. The Kier molecular flexibility index (Phi) is 4.46. The topological polar surface area (TPSA) is 29.3 Å². The summed E-state index contributed by atoms with van der Waals surface area (Å²) >= 11 is 6.18. The summed E-state index contributed by atoms with van der Waals surface area (Å²) in [5.41, 5.74) is 10.4. The summed E-state index contributed by atoms with van der Waals surface area (Å²) in [6.45, 7) is 3.75. The first kappa shape index (κ1) is 13.9. The summed E-state index contributed by atoms with van der Waals surface area (Å²) in [6, 6.07) is 14.0. The Balaban J connectivity index is 2.08. The summed E-state index contributed by atoms with van der Waals surface area (Å²) in [5, 5.41) is 0.818. The van der Waals surface area contributed by atoms with Gasteiger partial charge >= 0.3 is 0 Å². The molecule has 0 aromatic heterocycles. The van der Waals surface area contributed by atoms with Gasteiger partial charge in [0.05, 0.1) is 0 Å². The molecule has 0 heterocycles. The molecule has 2 aromatic rings. The van der Waals surface area contributed by atoms with Crippen LogP contribution in [0.5, 0.6) is 0 Å². The second-order valence-corrected chi connectivity index (χ2v) is 5.30. The zero-order valence-electron chi connectivity index (χ0n) is 11.4. The fourth-order valence-corrected chi connectivity index (χ4v) is 2.33. The molecular weight excluding hydrogens is 256 g/mol. The van der Waals surface area contributed by atoms with E-state index < -0.39 is 0 Å². The minimum atomic E-state index is 0.818. The number of rotatable bonds is 4. The quantitative estimate of drug-likeness (QED) is 0.858. The van der Waals surface area contributed by atoms with Crippen LogP contribution in [0.4, 0.5) is 5.69 Å². The third-order valence-corrected chi connectivity index (χ3v) is 3.69. The molecular formula is C16H19ClN2. The summed E-state index contributed by atoms with van der Waals surface area (Å²) in [5.74, 6) is 0. The molecule has 2 nitrogen and oxygen atoms in total. The van der Waals surface area contributed by atoms with Gasteiger partial charge in [0.2, 0.25) is 0 Å². The average Bonchev–Trinajstić information content (AvgIpc) is 2.38. The van der Waals surface area contributed by atoms with Crippen LogP contribution in [0.2, 0.25) is 5.02 Å². The highest BCUT2D eigenvalue weighted by Gasteiger charge is 2.07. The largest absolute Gasteiger partial charge is 0.399 e. The van der Waals surface area contributed by atoms with Gasteiger partial charge in [0.1, 0.15) is 0 Å². The summed E-state index contributed by atoms with van der Waals surface area (Å²) in [6.07, 6.45) is 0. The Labute approximate surface area is 119 Å². The van der Waals surface area contributed by atoms with Crippen molar-refractivity contribution in [2.24, 2.45) is 0 Å². The molecule has 0 aliphatic heterocycles. The van der Waals surface area contributed by atoms with E-state index in [1.807, 2.05) is 30.3 Å². The van der Waals surface area contributed by atoms with Crippen LogP contribution in [0.3, 0.4) is 0 Å². The van der Waals surface area contributed by atoms with E-state index in [1.165, 1.54) is 5.56 Å². The van der Waals surface area contributed by atoms with Gasteiger partial charge in [0, 0.05) is 23.8 Å². The lowest BCUT2D eigenvalue weighted by Gasteiger charge is -2.19. The fraction of sp³-hybridized carbons (Fsp3) is 0.250. The van der Waals surface area contributed by atoms with Crippen LogP contribution >= 0.6 is 11.6 Å². The minimum absolute atomic E-state index is 0.818. The Morgan fingerprint density at radius 3 is 2.37 bits per heavy atom. The molecule has 2 aromatic carbocycles. The van der Waals surface area contributed by atoms with Gasteiger partial charge in [0.15, 0.2) is 0 Å². The van der Waals surface area contributed by atoms with Crippen molar-refractivity contribution in [2.45, 2.75) is 20.0 Å². The highest BCUT2D eigenvalue weighted by atomic mass is 35.5. The van der Waals surface area contributed by atoms with Gasteiger partial charge in [-0.2, -0.15) is 0 Å². The molecule has 0 atom stereocenters. The monoisotopic (exact) mass is 274 g/mol. The first-order valence-corrected chi connectivity index (χ1v) is 6.71. The lowest BCUT2D eigenvalue weighted by molar-refractivity contribution is 0.318. The molecule has 3 heteroatoms. The molecule has 0 aliphatic carbocycles. The van der Waals surface area contributed by atoms with Gasteiger partial charge in [0.25, 0.3) is 0 Å². The van der Waals surface area contributed by atoms with E-state index in [0.29, 0.717) is 0 Å². The number of benzene rings is 2. The van der Waals surface area contributed by atoms with Crippen molar-refractivity contribution in [3.8, 4) is 0 Å². The molecule has 0 spiro atoms. The maximum atomic E-state index is 6.18. The summed E-state index contributed by atoms with van der Waals surface area (Å²) in [4.78, 5) is 2.24. The van der Waals surface area contributed by atoms with Crippen LogP contribution in [-0.2, 0) is 13.1 Å². The number of nitrogens with two attached hydrogens (primary N) is 1. The zero-order valence-corrected chi connectivity index (χ0v) is 12.1. The zero-order chi connectivity index (χ0) is 13.8. The Hall–Kier alpha value is -1.51. The Morgan fingerprint density at radius 2 is 1.63 bits per heavy atom. The van der Waals surface area contributed by atoms with Crippen LogP contribution in [0.25, 0.3) is 0 Å². The summed E-state index contributed by atoms with van der Waals surface area (Å²) < 4.78 is 0. The van der Waals surface area contributed by atoms with E-state index in [1.54, 1.807) is 0 Å². The van der Waals surface area contributed by atoms with E-state index in [0.717, 1.165) is 34.9 Å². The first-order valence-electron chi connectivity index (χ1n) is 6.34. The minimum Gasteiger partial charge on any atom is -0.399 e. The van der Waals surface area contributed by atoms with Crippen molar-refractivity contribution in [3.05, 3.63) is 64.2 Å². The van der Waals surface area contributed by atoms with Gasteiger partial charge in [-0.3, -0.25) is 4.90 Å².